The van der Waals surface area contributed by atoms with E-state index in [2.05, 4.69) is 11.4 Å². The van der Waals surface area contributed by atoms with Crippen molar-refractivity contribution in [3.63, 3.8) is 0 Å². The lowest BCUT2D eigenvalue weighted by molar-refractivity contribution is -0.385. The minimum Gasteiger partial charge on any atom is -0.493 e. The van der Waals surface area contributed by atoms with Crippen LogP contribution in [0.4, 0.5) is 5.69 Å². The highest BCUT2D eigenvalue weighted by Crippen LogP contribution is 2.38. The highest BCUT2D eigenvalue weighted by molar-refractivity contribution is 6.30. The van der Waals surface area contributed by atoms with Gasteiger partial charge in [-0.15, -0.1) is 0 Å². The number of hydrogen-bond acceptors (Lipinski definition) is 8. The molecule has 1 amide bonds. The van der Waals surface area contributed by atoms with Crippen LogP contribution in [0.3, 0.4) is 0 Å². The Balaban J connectivity index is 2.19. The van der Waals surface area contributed by atoms with Crippen molar-refractivity contribution in [2.45, 2.75) is 39.3 Å². The van der Waals surface area contributed by atoms with Crippen molar-refractivity contribution in [3.05, 3.63) is 57.1 Å². The smallest absolute Gasteiger partial charge is 0.339 e. The number of methoxy groups -OCH3 is 1. The number of nitro groups is 1. The summed E-state index contributed by atoms with van der Waals surface area (Å²) in [6, 6.07) is 10.0. The molecule has 0 saturated carbocycles. The molecule has 0 aliphatic carbocycles. The molecule has 0 spiro atoms. The van der Waals surface area contributed by atoms with Crippen LogP contribution >= 0.6 is 11.6 Å². The molecule has 180 valence electrons. The van der Waals surface area contributed by atoms with Gasteiger partial charge in [0, 0.05) is 11.1 Å². The van der Waals surface area contributed by atoms with Gasteiger partial charge in [0.05, 0.1) is 23.7 Å². The van der Waals surface area contributed by atoms with Gasteiger partial charge in [0.25, 0.3) is 5.91 Å². The van der Waals surface area contributed by atoms with E-state index >= 15 is 0 Å². The molecule has 1 N–H and O–H groups in total. The topological polar surface area (TPSA) is 141 Å². The van der Waals surface area contributed by atoms with Crippen molar-refractivity contribution in [3.8, 4) is 23.3 Å². The fourth-order valence-corrected chi connectivity index (χ4v) is 2.82. The van der Waals surface area contributed by atoms with Crippen LogP contribution in [-0.2, 0) is 9.53 Å². The second-order valence-corrected chi connectivity index (χ2v) is 8.28. The third-order valence-corrected chi connectivity index (χ3v) is 5.39. The Morgan fingerprint density at radius 2 is 1.79 bits per heavy atom. The Kier molecular flexibility index (Phi) is 8.43. The zero-order valence-electron chi connectivity index (χ0n) is 19.2. The quantitative estimate of drug-likeness (QED) is 0.305. The number of carbonyl (C=O) groups is 2. The Morgan fingerprint density at radius 1 is 1.15 bits per heavy atom. The fourth-order valence-electron chi connectivity index (χ4n) is 2.66. The zero-order valence-corrected chi connectivity index (χ0v) is 20.0. The van der Waals surface area contributed by atoms with Crippen molar-refractivity contribution < 1.29 is 28.7 Å². The van der Waals surface area contributed by atoms with Gasteiger partial charge in [-0.2, -0.15) is 5.26 Å². The summed E-state index contributed by atoms with van der Waals surface area (Å²) in [6.45, 7) is 6.54. The van der Waals surface area contributed by atoms with E-state index < -0.39 is 28.4 Å². The summed E-state index contributed by atoms with van der Waals surface area (Å²) in [5.41, 5.74) is -1.41. The van der Waals surface area contributed by atoms with Gasteiger partial charge in [0.15, 0.2) is 17.6 Å². The molecule has 0 radical (unpaired) electrons. The molecule has 2 rings (SSSR count). The largest absolute Gasteiger partial charge is 0.493 e. The average Bonchev–Trinajstić information content (AvgIpc) is 2.79. The van der Waals surface area contributed by atoms with E-state index in [-0.39, 0.29) is 39.4 Å². The maximum atomic E-state index is 12.6. The molecule has 0 unspecified atom stereocenters. The van der Waals surface area contributed by atoms with Gasteiger partial charge in [0.2, 0.25) is 5.75 Å². The second kappa shape index (κ2) is 10.9. The summed E-state index contributed by atoms with van der Waals surface area (Å²) in [4.78, 5) is 35.7. The molecule has 0 heterocycles. The molecule has 11 heteroatoms. The number of nitrogens with one attached hydrogen (secondary N) is 1. The first-order valence-corrected chi connectivity index (χ1v) is 10.5. The van der Waals surface area contributed by atoms with Crippen LogP contribution in [0.1, 0.15) is 38.1 Å². The number of rotatable bonds is 9. The predicted octanol–water partition coefficient (Wildman–Crippen LogP) is 4.65. The summed E-state index contributed by atoms with van der Waals surface area (Å²) < 4.78 is 16.1. The third-order valence-electron chi connectivity index (χ3n) is 5.16. The van der Waals surface area contributed by atoms with Crippen LogP contribution in [0.2, 0.25) is 5.02 Å². The van der Waals surface area contributed by atoms with Crippen molar-refractivity contribution in [2.24, 2.45) is 5.92 Å². The Labute approximate surface area is 201 Å². The van der Waals surface area contributed by atoms with E-state index in [4.69, 9.17) is 25.8 Å². The van der Waals surface area contributed by atoms with Crippen molar-refractivity contribution >= 4 is 29.2 Å². The maximum Gasteiger partial charge on any atom is 0.339 e. The first-order valence-electron chi connectivity index (χ1n) is 10.2. The lowest BCUT2D eigenvalue weighted by Crippen LogP contribution is -2.52. The molecule has 2 atom stereocenters. The molecule has 34 heavy (non-hydrogen) atoms. The third kappa shape index (κ3) is 6.14. The number of ether oxygens (including phenoxy) is 3. The number of carbonyl (C=O) groups excluding carboxylic acids is 2. The van der Waals surface area contributed by atoms with Gasteiger partial charge in [-0.1, -0.05) is 25.4 Å². The van der Waals surface area contributed by atoms with Crippen molar-refractivity contribution in [1.82, 2.24) is 5.32 Å². The number of halogens is 1. The standard InChI is InChI=1S/C23H24ClN3O7/c1-13(2)23(4,12-25)26-21(28)14(3)33-22(29)15-6-8-19(20(10-15)32-5)34-18-9-7-16(24)11-17(18)27(30)31/h6-11,13-14H,1-5H3,(H,26,28)/t14-,23+/m0/s1. The minimum atomic E-state index is -1.17. The van der Waals surface area contributed by atoms with Gasteiger partial charge in [-0.3, -0.25) is 14.9 Å². The van der Waals surface area contributed by atoms with Crippen LogP contribution < -0.4 is 14.8 Å². The first-order chi connectivity index (χ1) is 15.9. The van der Waals surface area contributed by atoms with Crippen LogP contribution in [-0.4, -0.2) is 35.6 Å². The number of amides is 1. The van der Waals surface area contributed by atoms with Gasteiger partial charge in [-0.05, 0) is 50.1 Å². The molecule has 2 aromatic carbocycles. The maximum absolute atomic E-state index is 12.6. The number of hydrogen-bond donors (Lipinski definition) is 1. The second-order valence-electron chi connectivity index (χ2n) is 7.84. The highest BCUT2D eigenvalue weighted by Gasteiger charge is 2.32. The molecule has 0 fully saturated rings. The monoisotopic (exact) mass is 489 g/mol. The summed E-state index contributed by atoms with van der Waals surface area (Å²) in [6.07, 6.45) is -1.17. The van der Waals surface area contributed by atoms with E-state index in [1.54, 1.807) is 20.8 Å². The molecular formula is C23H24ClN3O7. The highest BCUT2D eigenvalue weighted by atomic mass is 35.5. The number of nitrogens with zero attached hydrogens (tertiary/aromatic N) is 2. The van der Waals surface area contributed by atoms with Gasteiger partial charge < -0.3 is 19.5 Å². The van der Waals surface area contributed by atoms with E-state index in [0.29, 0.717) is 0 Å². The number of nitriles is 1. The normalized spacial score (nSPS) is 13.2. The van der Waals surface area contributed by atoms with Crippen LogP contribution in [0.25, 0.3) is 0 Å². The number of esters is 1. The number of nitro benzene ring substituents is 1. The van der Waals surface area contributed by atoms with Crippen molar-refractivity contribution in [2.75, 3.05) is 7.11 Å². The van der Waals surface area contributed by atoms with E-state index in [9.17, 15) is 25.0 Å². The minimum absolute atomic E-state index is 0.0568. The Hall–Kier alpha value is -3.84. The summed E-state index contributed by atoms with van der Waals surface area (Å²) in [5.74, 6) is -1.46. The lowest BCUT2D eigenvalue weighted by atomic mass is 9.90. The summed E-state index contributed by atoms with van der Waals surface area (Å²) in [7, 11) is 1.33. The molecule has 0 aromatic heterocycles. The van der Waals surface area contributed by atoms with E-state index in [1.165, 1.54) is 44.4 Å². The lowest BCUT2D eigenvalue weighted by Gasteiger charge is -2.28. The molecular weight excluding hydrogens is 466 g/mol. The van der Waals surface area contributed by atoms with E-state index in [1.807, 2.05) is 0 Å². The first kappa shape index (κ1) is 26.4. The van der Waals surface area contributed by atoms with Gasteiger partial charge in [-0.25, -0.2) is 4.79 Å². The zero-order chi connectivity index (χ0) is 25.6. The fraction of sp³-hybridized carbons (Fsp3) is 0.348. The predicted molar refractivity (Wildman–Crippen MR) is 123 cm³/mol. The van der Waals surface area contributed by atoms with Crippen LogP contribution in [0.5, 0.6) is 17.2 Å². The number of benzene rings is 2. The van der Waals surface area contributed by atoms with E-state index in [0.717, 1.165) is 6.07 Å². The average molecular weight is 490 g/mol. The Bertz CT molecular complexity index is 1150. The molecule has 2 aromatic rings. The SMILES string of the molecule is COc1cc(C(=O)O[C@@H](C)C(=O)N[C@](C)(C#N)C(C)C)ccc1Oc1ccc(Cl)cc1[N+](=O)[O-]. The van der Waals surface area contributed by atoms with Gasteiger partial charge >= 0.3 is 11.7 Å². The molecule has 10 nitrogen and oxygen atoms in total. The summed E-state index contributed by atoms with van der Waals surface area (Å²) in [5, 5.41) is 23.4. The molecule has 0 bridgehead atoms. The molecule has 0 aliphatic heterocycles. The van der Waals surface area contributed by atoms with Crippen LogP contribution in [0, 0.1) is 27.4 Å². The van der Waals surface area contributed by atoms with Crippen LogP contribution in [0.15, 0.2) is 36.4 Å². The van der Waals surface area contributed by atoms with Crippen molar-refractivity contribution in [1.29, 1.82) is 5.26 Å². The van der Waals surface area contributed by atoms with Gasteiger partial charge in [0.1, 0.15) is 5.54 Å². The Morgan fingerprint density at radius 3 is 2.35 bits per heavy atom. The molecule has 0 aliphatic rings. The molecule has 0 saturated heterocycles. The summed E-state index contributed by atoms with van der Waals surface area (Å²) >= 11 is 5.82.